The van der Waals surface area contributed by atoms with E-state index in [4.69, 9.17) is 15.1 Å². The van der Waals surface area contributed by atoms with Crippen LogP contribution >= 0.6 is 11.3 Å². The van der Waals surface area contributed by atoms with E-state index in [9.17, 15) is 10.1 Å². The Morgan fingerprint density at radius 2 is 1.72 bits per heavy atom. The molecule has 0 atom stereocenters. The molecule has 32 heavy (non-hydrogen) atoms. The van der Waals surface area contributed by atoms with E-state index in [-0.39, 0.29) is 10.4 Å². The molecule has 4 rings (SSSR count). The molecule has 9 nitrogen and oxygen atoms in total. The van der Waals surface area contributed by atoms with Gasteiger partial charge >= 0.3 is 0 Å². The number of nitrogens with zero attached hydrogens (tertiary/aromatic N) is 3. The first kappa shape index (κ1) is 20.9. The van der Waals surface area contributed by atoms with Gasteiger partial charge in [0.05, 0.1) is 27.9 Å². The predicted octanol–water partition coefficient (Wildman–Crippen LogP) is 4.36. The number of rotatable bonds is 6. The predicted molar refractivity (Wildman–Crippen MR) is 124 cm³/mol. The first-order valence-corrected chi connectivity index (χ1v) is 10.3. The van der Waals surface area contributed by atoms with Crippen LogP contribution in [0.15, 0.2) is 77.9 Å². The zero-order valence-corrected chi connectivity index (χ0v) is 17.7. The van der Waals surface area contributed by atoms with Gasteiger partial charge < -0.3 is 10.1 Å². The molecule has 0 bridgehead atoms. The van der Waals surface area contributed by atoms with Crippen molar-refractivity contribution < 1.29 is 9.66 Å². The molecule has 0 amide bonds. The van der Waals surface area contributed by atoms with Gasteiger partial charge in [-0.05, 0) is 48.5 Å². The Morgan fingerprint density at radius 1 is 1.03 bits per heavy atom. The van der Waals surface area contributed by atoms with Crippen molar-refractivity contribution in [2.75, 3.05) is 17.9 Å². The maximum absolute atomic E-state index is 10.9. The maximum atomic E-state index is 10.9. The van der Waals surface area contributed by atoms with Gasteiger partial charge in [0.25, 0.3) is 5.69 Å². The molecule has 0 aliphatic heterocycles. The number of para-hydroxylation sites is 1. The number of nitro groups is 1. The molecule has 1 heterocycles. The second kappa shape index (κ2) is 9.23. The Labute approximate surface area is 186 Å². The summed E-state index contributed by atoms with van der Waals surface area (Å²) in [4.78, 5) is 15.1. The molecular formula is C22H18N6O3S. The van der Waals surface area contributed by atoms with E-state index < -0.39 is 4.92 Å². The smallest absolute Gasteiger partial charge is 0.269 e. The van der Waals surface area contributed by atoms with Crippen molar-refractivity contribution in [3.05, 3.63) is 92.9 Å². The molecule has 0 aliphatic carbocycles. The summed E-state index contributed by atoms with van der Waals surface area (Å²) in [5, 5.41) is 27.4. The summed E-state index contributed by atoms with van der Waals surface area (Å²) < 4.78 is 6.24. The van der Waals surface area contributed by atoms with E-state index in [2.05, 4.69) is 15.8 Å². The van der Waals surface area contributed by atoms with Gasteiger partial charge in [0.1, 0.15) is 10.4 Å². The minimum atomic E-state index is -0.464. The third-order valence-corrected chi connectivity index (χ3v) is 5.44. The minimum Gasteiger partial charge on any atom is -0.497 e. The number of fused-ring (bicyclic) bond motifs is 1. The second-order valence-corrected chi connectivity index (χ2v) is 7.64. The third-order valence-electron chi connectivity index (χ3n) is 4.48. The number of ether oxygens (including phenoxy) is 1. The van der Waals surface area contributed by atoms with E-state index in [1.54, 1.807) is 19.2 Å². The van der Waals surface area contributed by atoms with Crippen molar-refractivity contribution in [3.8, 4) is 5.75 Å². The van der Waals surface area contributed by atoms with Crippen LogP contribution in [0.5, 0.6) is 5.75 Å². The molecule has 0 spiro atoms. The number of nitrogens with one attached hydrogen (secondary N) is 3. The summed E-state index contributed by atoms with van der Waals surface area (Å²) in [6, 6.07) is 20.7. The highest BCUT2D eigenvalue weighted by Crippen LogP contribution is 2.19. The number of hydrogen-bond acceptors (Lipinski definition) is 9. The van der Waals surface area contributed by atoms with Gasteiger partial charge in [-0.2, -0.15) is 5.10 Å². The van der Waals surface area contributed by atoms with Crippen molar-refractivity contribution in [2.45, 2.75) is 0 Å². The molecule has 3 aromatic carbocycles. The number of methoxy groups -OCH3 is 1. The van der Waals surface area contributed by atoms with Crippen LogP contribution < -0.4 is 25.5 Å². The molecule has 10 heteroatoms. The van der Waals surface area contributed by atoms with Crippen molar-refractivity contribution >= 4 is 44.4 Å². The maximum Gasteiger partial charge on any atom is 0.269 e. The van der Waals surface area contributed by atoms with Gasteiger partial charge in [-0.15, -0.1) is 11.3 Å². The normalized spacial score (nSPS) is 11.2. The average Bonchev–Trinajstić information content (AvgIpc) is 2.93. The van der Waals surface area contributed by atoms with E-state index in [1.807, 2.05) is 48.5 Å². The van der Waals surface area contributed by atoms with Gasteiger partial charge in [-0.25, -0.2) is 4.98 Å². The molecule has 0 unspecified atom stereocenters. The molecule has 160 valence electrons. The fourth-order valence-corrected chi connectivity index (χ4v) is 3.68. The van der Waals surface area contributed by atoms with Gasteiger partial charge in [-0.1, -0.05) is 12.1 Å². The van der Waals surface area contributed by atoms with E-state index in [0.717, 1.165) is 21.7 Å². The number of non-ortho nitro benzene ring substituents is 1. The molecule has 0 radical (unpaired) electrons. The number of hydrogen-bond donors (Lipinski definition) is 3. The highest BCUT2D eigenvalue weighted by molar-refractivity contribution is 7.15. The van der Waals surface area contributed by atoms with Crippen molar-refractivity contribution in [1.82, 2.24) is 4.98 Å². The zero-order chi connectivity index (χ0) is 22.5. The lowest BCUT2D eigenvalue weighted by atomic mass is 10.3. The zero-order valence-electron chi connectivity index (χ0n) is 16.9. The van der Waals surface area contributed by atoms with Crippen molar-refractivity contribution in [2.24, 2.45) is 5.10 Å². The number of anilines is 3. The topological polar surface area (TPSA) is 126 Å². The van der Waals surface area contributed by atoms with Crippen LogP contribution in [0.3, 0.4) is 0 Å². The lowest BCUT2D eigenvalue weighted by molar-refractivity contribution is -0.384. The van der Waals surface area contributed by atoms with Crippen LogP contribution in [-0.4, -0.2) is 17.0 Å². The van der Waals surface area contributed by atoms with E-state index >= 15 is 0 Å². The first-order chi connectivity index (χ1) is 15.5. The largest absolute Gasteiger partial charge is 0.497 e. The van der Waals surface area contributed by atoms with Crippen LogP contribution in [0.2, 0.25) is 0 Å². The number of aromatic nitrogens is 1. The molecule has 0 saturated carbocycles. The van der Waals surface area contributed by atoms with E-state index in [1.165, 1.54) is 23.5 Å². The Balaban J connectivity index is 1.80. The highest BCUT2D eigenvalue weighted by atomic mass is 32.1. The summed E-state index contributed by atoms with van der Waals surface area (Å²) in [7, 11) is 1.60. The monoisotopic (exact) mass is 446 g/mol. The Morgan fingerprint density at radius 3 is 2.41 bits per heavy atom. The molecule has 4 aromatic rings. The summed E-state index contributed by atoms with van der Waals surface area (Å²) >= 11 is 1.25. The van der Waals surface area contributed by atoms with Crippen LogP contribution in [0.25, 0.3) is 10.2 Å². The average molecular weight is 446 g/mol. The lowest BCUT2D eigenvalue weighted by Gasteiger charge is -2.06. The third kappa shape index (κ3) is 4.71. The van der Waals surface area contributed by atoms with Crippen molar-refractivity contribution in [1.29, 1.82) is 5.41 Å². The minimum absolute atomic E-state index is 0.0140. The number of nitro benzene ring substituents is 1. The SMILES string of the molecule is COc1ccc(Nc2nc3ccccc3sc(=N)/c2=N\Nc2ccc([N+](=O)[O-])cc2)cc1. The van der Waals surface area contributed by atoms with Gasteiger partial charge in [0.15, 0.2) is 11.2 Å². The fraction of sp³-hybridized carbons (Fsp3) is 0.0455. The van der Waals surface area contributed by atoms with Gasteiger partial charge in [0, 0.05) is 17.8 Å². The molecular weight excluding hydrogens is 428 g/mol. The highest BCUT2D eigenvalue weighted by Gasteiger charge is 2.07. The van der Waals surface area contributed by atoms with Crippen LogP contribution in [0.1, 0.15) is 0 Å². The summed E-state index contributed by atoms with van der Waals surface area (Å²) in [5.41, 5.74) is 4.88. The van der Waals surface area contributed by atoms with Gasteiger partial charge in [0.2, 0.25) is 0 Å². The van der Waals surface area contributed by atoms with Crippen LogP contribution in [0, 0.1) is 15.5 Å². The fourth-order valence-electron chi connectivity index (χ4n) is 2.86. The summed E-state index contributed by atoms with van der Waals surface area (Å²) in [6.07, 6.45) is 0. The van der Waals surface area contributed by atoms with Gasteiger partial charge in [-0.3, -0.25) is 20.9 Å². The van der Waals surface area contributed by atoms with E-state index in [0.29, 0.717) is 16.9 Å². The first-order valence-electron chi connectivity index (χ1n) is 9.47. The number of benzene rings is 3. The molecule has 3 N–H and O–H groups in total. The summed E-state index contributed by atoms with van der Waals surface area (Å²) in [6.45, 7) is 0. The van der Waals surface area contributed by atoms with Crippen LogP contribution in [0.4, 0.5) is 22.9 Å². The Hall–Kier alpha value is -4.31. The quantitative estimate of drug-likeness (QED) is 0.298. The standard InChI is InChI=1S/C22H18N6O3S/c1-31-17-12-8-14(9-13-17)24-22-20(21(23)32-19-5-3-2-4-18(19)25-22)27-26-15-6-10-16(11-7-15)28(29)30/h2-13,23,26H,1H3,(H,24,25)/b23-21?,27-20+. The second-order valence-electron chi connectivity index (χ2n) is 6.59. The molecule has 0 aliphatic rings. The summed E-state index contributed by atoms with van der Waals surface area (Å²) in [5.74, 6) is 1.12. The van der Waals surface area contributed by atoms with Crippen molar-refractivity contribution in [3.63, 3.8) is 0 Å². The van der Waals surface area contributed by atoms with Crippen LogP contribution in [-0.2, 0) is 0 Å². The molecule has 0 saturated heterocycles. The molecule has 0 fully saturated rings. The Kier molecular flexibility index (Phi) is 6.04. The lowest BCUT2D eigenvalue weighted by Crippen LogP contribution is -2.25. The Bertz CT molecular complexity index is 1400. The molecule has 1 aromatic heterocycles.